The Kier molecular flexibility index (Phi) is 5.05. The lowest BCUT2D eigenvalue weighted by Crippen LogP contribution is -2.25. The third kappa shape index (κ3) is 3.53. The first-order chi connectivity index (χ1) is 13.2. The third-order valence-electron chi connectivity index (χ3n) is 4.99. The van der Waals surface area contributed by atoms with Gasteiger partial charge in [0.25, 0.3) is 0 Å². The fourth-order valence-electron chi connectivity index (χ4n) is 3.44. The number of hydrogen-bond acceptors (Lipinski definition) is 5. The second-order valence-electron chi connectivity index (χ2n) is 7.21. The topological polar surface area (TPSA) is 89.7 Å². The number of benzene rings is 2. The molecule has 0 atom stereocenters. The lowest BCUT2D eigenvalue weighted by Gasteiger charge is -2.23. The summed E-state index contributed by atoms with van der Waals surface area (Å²) in [5.74, 6) is -1.51. The first-order valence-electron chi connectivity index (χ1n) is 8.87. The zero-order chi connectivity index (χ0) is 20.5. The molecule has 0 bridgehead atoms. The van der Waals surface area contributed by atoms with Crippen molar-refractivity contribution >= 4 is 23.3 Å². The maximum atomic E-state index is 12.4. The van der Waals surface area contributed by atoms with Gasteiger partial charge in [0.15, 0.2) is 12.4 Å². The molecular formula is C22H22N2O4. The van der Waals surface area contributed by atoms with E-state index in [-0.39, 0.29) is 23.4 Å². The molecule has 1 aliphatic rings. The summed E-state index contributed by atoms with van der Waals surface area (Å²) in [6.45, 7) is 3.75. The smallest absolute Gasteiger partial charge is 0.338 e. The van der Waals surface area contributed by atoms with Crippen LogP contribution in [0.2, 0.25) is 0 Å². The Balaban J connectivity index is 1.69. The van der Waals surface area contributed by atoms with Gasteiger partial charge in [-0.2, -0.15) is 0 Å². The number of carbonyl (C=O) groups excluding carboxylic acids is 3. The minimum atomic E-state index is -0.634. The number of likely N-dealkylation sites (N-methyl/N-ethyl adjacent to an activating group) is 1. The Labute approximate surface area is 163 Å². The molecule has 2 aromatic rings. The molecule has 1 heterocycles. The van der Waals surface area contributed by atoms with Crippen LogP contribution in [0.25, 0.3) is 0 Å². The molecule has 3 rings (SSSR count). The highest BCUT2D eigenvalue weighted by Gasteiger charge is 2.38. The van der Waals surface area contributed by atoms with Crippen LogP contribution in [0.1, 0.15) is 40.1 Å². The zero-order valence-electron chi connectivity index (χ0n) is 16.1. The van der Waals surface area contributed by atoms with Gasteiger partial charge in [0.05, 0.1) is 5.56 Å². The fraction of sp³-hybridized carbons (Fsp3) is 0.227. The number of nitrogens with zero attached hydrogens (tertiary/aromatic N) is 1. The van der Waals surface area contributed by atoms with Gasteiger partial charge in [-0.15, -0.1) is 0 Å². The third-order valence-corrected chi connectivity index (χ3v) is 4.99. The molecule has 2 N–H and O–H groups in total. The van der Waals surface area contributed by atoms with Crippen LogP contribution in [0.15, 0.2) is 60.3 Å². The number of esters is 1. The van der Waals surface area contributed by atoms with Crippen molar-refractivity contribution in [1.29, 1.82) is 0 Å². The molecule has 0 aromatic heterocycles. The fourth-order valence-corrected chi connectivity index (χ4v) is 3.44. The predicted octanol–water partition coefficient (Wildman–Crippen LogP) is 2.82. The normalized spacial score (nSPS) is 16.0. The predicted molar refractivity (Wildman–Crippen MR) is 106 cm³/mol. The summed E-state index contributed by atoms with van der Waals surface area (Å²) in [4.78, 5) is 37.6. The minimum absolute atomic E-state index is 0.246. The number of allylic oxidation sites excluding steroid dienone is 1. The Morgan fingerprint density at radius 1 is 1.04 bits per heavy atom. The number of hydrogen-bond donors (Lipinski definition) is 1. The molecule has 1 aliphatic heterocycles. The Morgan fingerprint density at radius 2 is 1.64 bits per heavy atom. The van der Waals surface area contributed by atoms with Crippen LogP contribution in [0, 0.1) is 0 Å². The van der Waals surface area contributed by atoms with Gasteiger partial charge in [-0.1, -0.05) is 32.0 Å². The van der Waals surface area contributed by atoms with Crippen molar-refractivity contribution in [3.05, 3.63) is 77.0 Å². The summed E-state index contributed by atoms with van der Waals surface area (Å²) in [5.41, 5.74) is 8.43. The molecule has 6 nitrogen and oxygen atoms in total. The SMILES string of the molecule is CN1/C(=C\C(=O)COC(=O)c2ccc(C(N)=O)cc2)C(C)(C)c2ccccc21. The minimum Gasteiger partial charge on any atom is -0.454 e. The lowest BCUT2D eigenvalue weighted by molar-refractivity contribution is -0.117. The Bertz CT molecular complexity index is 974. The number of rotatable bonds is 5. The Morgan fingerprint density at radius 3 is 2.25 bits per heavy atom. The maximum Gasteiger partial charge on any atom is 0.338 e. The van der Waals surface area contributed by atoms with Gasteiger partial charge in [-0.05, 0) is 35.9 Å². The number of amides is 1. The van der Waals surface area contributed by atoms with Crippen LogP contribution in [0.5, 0.6) is 0 Å². The number of ether oxygens (including phenoxy) is 1. The van der Waals surface area contributed by atoms with E-state index in [9.17, 15) is 14.4 Å². The van der Waals surface area contributed by atoms with Crippen molar-refractivity contribution in [2.75, 3.05) is 18.6 Å². The first kappa shape index (κ1) is 19.4. The van der Waals surface area contributed by atoms with Gasteiger partial charge >= 0.3 is 5.97 Å². The van der Waals surface area contributed by atoms with Crippen molar-refractivity contribution in [3.8, 4) is 0 Å². The van der Waals surface area contributed by atoms with Crippen LogP contribution in [-0.4, -0.2) is 31.3 Å². The summed E-state index contributed by atoms with van der Waals surface area (Å²) >= 11 is 0. The molecule has 28 heavy (non-hydrogen) atoms. The van der Waals surface area contributed by atoms with Crippen LogP contribution < -0.4 is 10.6 Å². The highest BCUT2D eigenvalue weighted by Crippen LogP contribution is 2.46. The highest BCUT2D eigenvalue weighted by atomic mass is 16.5. The molecular weight excluding hydrogens is 356 g/mol. The largest absolute Gasteiger partial charge is 0.454 e. The lowest BCUT2D eigenvalue weighted by atomic mass is 9.83. The van der Waals surface area contributed by atoms with Crippen molar-refractivity contribution < 1.29 is 19.1 Å². The maximum absolute atomic E-state index is 12.4. The molecule has 2 aromatic carbocycles. The van der Waals surface area contributed by atoms with E-state index in [1.807, 2.05) is 36.2 Å². The van der Waals surface area contributed by atoms with Gasteiger partial charge in [0.2, 0.25) is 5.91 Å². The number of anilines is 1. The monoisotopic (exact) mass is 378 g/mol. The van der Waals surface area contributed by atoms with Crippen LogP contribution in [0.4, 0.5) is 5.69 Å². The van der Waals surface area contributed by atoms with Gasteiger partial charge < -0.3 is 15.4 Å². The van der Waals surface area contributed by atoms with Crippen LogP contribution >= 0.6 is 0 Å². The van der Waals surface area contributed by atoms with E-state index in [4.69, 9.17) is 10.5 Å². The summed E-state index contributed by atoms with van der Waals surface area (Å²) in [6, 6.07) is 13.8. The summed E-state index contributed by atoms with van der Waals surface area (Å²) < 4.78 is 5.11. The van der Waals surface area contributed by atoms with E-state index in [1.165, 1.54) is 30.3 Å². The average Bonchev–Trinajstić information content (AvgIpc) is 2.87. The van der Waals surface area contributed by atoms with Crippen LogP contribution in [0.3, 0.4) is 0 Å². The van der Waals surface area contributed by atoms with Crippen molar-refractivity contribution in [2.24, 2.45) is 5.73 Å². The molecule has 0 saturated heterocycles. The average molecular weight is 378 g/mol. The number of para-hydroxylation sites is 1. The van der Waals surface area contributed by atoms with E-state index >= 15 is 0 Å². The molecule has 0 unspecified atom stereocenters. The van der Waals surface area contributed by atoms with Gasteiger partial charge in [0, 0.05) is 35.5 Å². The number of primary amides is 1. The number of ketones is 1. The van der Waals surface area contributed by atoms with E-state index in [2.05, 4.69) is 13.8 Å². The molecule has 0 spiro atoms. The van der Waals surface area contributed by atoms with Gasteiger partial charge in [-0.3, -0.25) is 9.59 Å². The van der Waals surface area contributed by atoms with E-state index in [1.54, 1.807) is 0 Å². The second-order valence-corrected chi connectivity index (χ2v) is 7.21. The number of nitrogens with two attached hydrogens (primary N) is 1. The van der Waals surface area contributed by atoms with Crippen molar-refractivity contribution in [3.63, 3.8) is 0 Å². The molecule has 0 radical (unpaired) electrons. The standard InChI is InChI=1S/C22H22N2O4/c1-22(2)17-6-4-5-7-18(17)24(3)19(22)12-16(25)13-28-21(27)15-10-8-14(9-11-15)20(23)26/h4-12H,13H2,1-3H3,(H2,23,26)/b19-12-. The van der Waals surface area contributed by atoms with E-state index in [0.29, 0.717) is 5.56 Å². The number of carbonyl (C=O) groups is 3. The second kappa shape index (κ2) is 7.31. The summed E-state index contributed by atoms with van der Waals surface area (Å²) in [5, 5.41) is 0. The highest BCUT2D eigenvalue weighted by molar-refractivity contribution is 5.97. The zero-order valence-corrected chi connectivity index (χ0v) is 16.1. The van der Waals surface area contributed by atoms with E-state index < -0.39 is 11.9 Å². The quantitative estimate of drug-likeness (QED) is 0.638. The summed E-state index contributed by atoms with van der Waals surface area (Å²) in [6.07, 6.45) is 1.53. The molecule has 144 valence electrons. The van der Waals surface area contributed by atoms with Crippen molar-refractivity contribution in [2.45, 2.75) is 19.3 Å². The van der Waals surface area contributed by atoms with Gasteiger partial charge in [0.1, 0.15) is 0 Å². The van der Waals surface area contributed by atoms with E-state index in [0.717, 1.165) is 16.9 Å². The Hall–Kier alpha value is -3.41. The van der Waals surface area contributed by atoms with Crippen molar-refractivity contribution in [1.82, 2.24) is 0 Å². The molecule has 0 saturated carbocycles. The molecule has 0 aliphatic carbocycles. The molecule has 6 heteroatoms. The number of fused-ring (bicyclic) bond motifs is 1. The first-order valence-corrected chi connectivity index (χ1v) is 8.87. The molecule has 0 fully saturated rings. The summed E-state index contributed by atoms with van der Waals surface area (Å²) in [7, 11) is 1.92. The molecule has 1 amide bonds. The van der Waals surface area contributed by atoms with Gasteiger partial charge in [-0.25, -0.2) is 4.79 Å². The van der Waals surface area contributed by atoms with Crippen LogP contribution in [-0.2, 0) is 14.9 Å².